The molecule has 24 heavy (non-hydrogen) atoms. The predicted octanol–water partition coefficient (Wildman–Crippen LogP) is 1.92. The van der Waals surface area contributed by atoms with Crippen LogP contribution in [0.3, 0.4) is 0 Å². The maximum Gasteiger partial charge on any atom is 0.302 e. The van der Waals surface area contributed by atoms with Gasteiger partial charge in [0.1, 0.15) is 17.6 Å². The van der Waals surface area contributed by atoms with Crippen LogP contribution in [0.5, 0.6) is 0 Å². The highest BCUT2D eigenvalue weighted by molar-refractivity contribution is 6.29. The normalized spacial score (nSPS) is 18.1. The van der Waals surface area contributed by atoms with Gasteiger partial charge in [-0.15, -0.1) is 0 Å². The van der Waals surface area contributed by atoms with Gasteiger partial charge in [0, 0.05) is 45.8 Å². The van der Waals surface area contributed by atoms with E-state index in [1.165, 1.54) is 23.9 Å². The molecule has 0 radical (unpaired) electrons. The number of pyridine rings is 1. The lowest BCUT2D eigenvalue weighted by Gasteiger charge is -2.37. The first-order chi connectivity index (χ1) is 11.5. The van der Waals surface area contributed by atoms with Crippen molar-refractivity contribution in [3.8, 4) is 0 Å². The van der Waals surface area contributed by atoms with Gasteiger partial charge in [0.05, 0.1) is 6.67 Å². The molecule has 6 nitrogen and oxygen atoms in total. The molecule has 2 aliphatic rings. The standard InChI is InChI=1S/C17H23ClN4O2/c1-13-10-20(7-8-24-14(2)23)12-22-6-5-21(17(13)22)11-15-3-4-16(18)19-9-15/h3-4,9H,5-8,10-12H2,1-2H3. The second-order valence-electron chi connectivity index (χ2n) is 6.31. The van der Waals surface area contributed by atoms with Crippen LogP contribution in [0.4, 0.5) is 0 Å². The topological polar surface area (TPSA) is 48.9 Å². The number of nitrogens with zero attached hydrogens (tertiary/aromatic N) is 4. The summed E-state index contributed by atoms with van der Waals surface area (Å²) in [5.74, 6) is 1.11. The Bertz CT molecular complexity index is 632. The van der Waals surface area contributed by atoms with Crippen LogP contribution >= 0.6 is 11.6 Å². The predicted molar refractivity (Wildman–Crippen MR) is 92.1 cm³/mol. The van der Waals surface area contributed by atoms with Crippen LogP contribution in [0.25, 0.3) is 0 Å². The molecule has 0 bridgehead atoms. The number of ether oxygens (including phenoxy) is 1. The molecule has 1 fully saturated rings. The Morgan fingerprint density at radius 3 is 2.92 bits per heavy atom. The fraction of sp³-hybridized carbons (Fsp3) is 0.529. The maximum atomic E-state index is 10.9. The second kappa shape index (κ2) is 7.40. The van der Waals surface area contributed by atoms with Gasteiger partial charge in [-0.05, 0) is 24.1 Å². The third-order valence-corrected chi connectivity index (χ3v) is 4.55. The number of carbonyl (C=O) groups excluding carboxylic acids is 1. The molecule has 0 saturated carbocycles. The Kier molecular flexibility index (Phi) is 5.26. The summed E-state index contributed by atoms with van der Waals surface area (Å²) in [5, 5.41) is 0.526. The van der Waals surface area contributed by atoms with Crippen molar-refractivity contribution in [1.29, 1.82) is 0 Å². The quantitative estimate of drug-likeness (QED) is 0.597. The summed E-state index contributed by atoms with van der Waals surface area (Å²) < 4.78 is 5.06. The molecule has 0 spiro atoms. The molecule has 0 unspecified atom stereocenters. The van der Waals surface area contributed by atoms with E-state index < -0.39 is 0 Å². The highest BCUT2D eigenvalue weighted by Crippen LogP contribution is 2.28. The van der Waals surface area contributed by atoms with E-state index in [9.17, 15) is 4.79 Å². The molecular weight excluding hydrogens is 328 g/mol. The van der Waals surface area contributed by atoms with Crippen molar-refractivity contribution in [2.24, 2.45) is 0 Å². The van der Waals surface area contributed by atoms with Crippen LogP contribution in [0.15, 0.2) is 29.7 Å². The average molecular weight is 351 g/mol. The van der Waals surface area contributed by atoms with E-state index in [4.69, 9.17) is 16.3 Å². The van der Waals surface area contributed by atoms with E-state index in [0.717, 1.165) is 39.4 Å². The number of fused-ring (bicyclic) bond motifs is 1. The smallest absolute Gasteiger partial charge is 0.302 e. The Morgan fingerprint density at radius 1 is 1.38 bits per heavy atom. The van der Waals surface area contributed by atoms with Crippen LogP contribution in [-0.4, -0.2) is 65.1 Å². The molecule has 0 aromatic carbocycles. The van der Waals surface area contributed by atoms with Crippen LogP contribution in [-0.2, 0) is 16.1 Å². The van der Waals surface area contributed by atoms with Gasteiger partial charge in [-0.3, -0.25) is 9.69 Å². The van der Waals surface area contributed by atoms with Gasteiger partial charge in [-0.25, -0.2) is 4.98 Å². The number of rotatable bonds is 5. The second-order valence-corrected chi connectivity index (χ2v) is 6.70. The molecule has 0 amide bonds. The van der Waals surface area contributed by atoms with Gasteiger partial charge in [-0.2, -0.15) is 0 Å². The largest absolute Gasteiger partial charge is 0.465 e. The van der Waals surface area contributed by atoms with Crippen molar-refractivity contribution in [3.05, 3.63) is 40.4 Å². The van der Waals surface area contributed by atoms with E-state index >= 15 is 0 Å². The summed E-state index contributed by atoms with van der Waals surface area (Å²) in [6.45, 7) is 9.49. The summed E-state index contributed by atoms with van der Waals surface area (Å²) in [4.78, 5) is 22.2. The van der Waals surface area contributed by atoms with E-state index in [2.05, 4.69) is 26.6 Å². The Morgan fingerprint density at radius 2 is 2.21 bits per heavy atom. The lowest BCUT2D eigenvalue weighted by atomic mass is 10.2. The van der Waals surface area contributed by atoms with Crippen molar-refractivity contribution < 1.29 is 9.53 Å². The minimum Gasteiger partial charge on any atom is -0.465 e. The highest BCUT2D eigenvalue weighted by atomic mass is 35.5. The molecule has 3 rings (SSSR count). The monoisotopic (exact) mass is 350 g/mol. The first kappa shape index (κ1) is 17.0. The van der Waals surface area contributed by atoms with Gasteiger partial charge in [0.2, 0.25) is 0 Å². The van der Waals surface area contributed by atoms with Gasteiger partial charge >= 0.3 is 5.97 Å². The minimum atomic E-state index is -0.219. The molecule has 0 atom stereocenters. The van der Waals surface area contributed by atoms with Crippen LogP contribution in [0, 0.1) is 0 Å². The van der Waals surface area contributed by atoms with Crippen molar-refractivity contribution in [1.82, 2.24) is 19.7 Å². The molecule has 7 heteroatoms. The van der Waals surface area contributed by atoms with Gasteiger partial charge in [0.25, 0.3) is 0 Å². The van der Waals surface area contributed by atoms with E-state index in [1.54, 1.807) is 0 Å². The average Bonchev–Trinajstić information content (AvgIpc) is 2.93. The summed E-state index contributed by atoms with van der Waals surface area (Å²) >= 11 is 5.86. The number of halogens is 1. The first-order valence-corrected chi connectivity index (χ1v) is 8.56. The van der Waals surface area contributed by atoms with E-state index in [0.29, 0.717) is 11.8 Å². The summed E-state index contributed by atoms with van der Waals surface area (Å²) in [6.07, 6.45) is 1.84. The zero-order chi connectivity index (χ0) is 17.1. The zero-order valence-corrected chi connectivity index (χ0v) is 14.9. The molecule has 2 aliphatic heterocycles. The number of esters is 1. The number of hydrogen-bond acceptors (Lipinski definition) is 6. The van der Waals surface area contributed by atoms with E-state index in [1.807, 2.05) is 18.3 Å². The van der Waals surface area contributed by atoms with Crippen molar-refractivity contribution >= 4 is 17.6 Å². The molecule has 130 valence electrons. The van der Waals surface area contributed by atoms with Crippen LogP contribution in [0.1, 0.15) is 19.4 Å². The van der Waals surface area contributed by atoms with Gasteiger partial charge in [0.15, 0.2) is 0 Å². The fourth-order valence-corrected chi connectivity index (χ4v) is 3.48. The van der Waals surface area contributed by atoms with Crippen LogP contribution < -0.4 is 0 Å². The molecule has 0 N–H and O–H groups in total. The Balaban J connectivity index is 1.63. The van der Waals surface area contributed by atoms with Crippen molar-refractivity contribution in [2.75, 3.05) is 39.5 Å². The zero-order valence-electron chi connectivity index (χ0n) is 14.2. The minimum absolute atomic E-state index is 0.219. The Labute approximate surface area is 147 Å². The SMILES string of the molecule is CC(=O)OCCN1CC(C)=C2N(Cc3ccc(Cl)nc3)CCN2C1. The highest BCUT2D eigenvalue weighted by Gasteiger charge is 2.31. The van der Waals surface area contributed by atoms with Gasteiger partial charge < -0.3 is 14.5 Å². The number of hydrogen-bond donors (Lipinski definition) is 0. The first-order valence-electron chi connectivity index (χ1n) is 8.18. The van der Waals surface area contributed by atoms with Crippen LogP contribution in [0.2, 0.25) is 5.15 Å². The summed E-state index contributed by atoms with van der Waals surface area (Å²) in [6, 6.07) is 3.87. The molecular formula is C17H23ClN4O2. The van der Waals surface area contributed by atoms with Crippen molar-refractivity contribution in [3.63, 3.8) is 0 Å². The Hall–Kier alpha value is -1.79. The number of carbonyl (C=O) groups is 1. The molecule has 3 heterocycles. The molecule has 0 aliphatic carbocycles. The molecule has 1 aromatic heterocycles. The maximum absolute atomic E-state index is 10.9. The summed E-state index contributed by atoms with van der Waals surface area (Å²) in [5.41, 5.74) is 2.52. The third-order valence-electron chi connectivity index (χ3n) is 4.33. The van der Waals surface area contributed by atoms with Crippen molar-refractivity contribution in [2.45, 2.75) is 20.4 Å². The van der Waals surface area contributed by atoms with Gasteiger partial charge in [-0.1, -0.05) is 17.7 Å². The molecule has 1 saturated heterocycles. The molecule has 1 aromatic rings. The van der Waals surface area contributed by atoms with E-state index in [-0.39, 0.29) is 5.97 Å². The third kappa shape index (κ3) is 3.99. The fourth-order valence-electron chi connectivity index (χ4n) is 3.37. The lowest BCUT2D eigenvalue weighted by molar-refractivity contribution is -0.141. The lowest BCUT2D eigenvalue weighted by Crippen LogP contribution is -2.44. The summed E-state index contributed by atoms with van der Waals surface area (Å²) in [7, 11) is 0. The number of aromatic nitrogens is 1.